The molecule has 1 aliphatic rings. The molecule has 0 bridgehead atoms. The van der Waals surface area contributed by atoms with Gasteiger partial charge in [0.05, 0.1) is 30.5 Å². The summed E-state index contributed by atoms with van der Waals surface area (Å²) in [6.45, 7) is 0.257. The average molecular weight is 179 g/mol. The first-order valence-corrected chi connectivity index (χ1v) is 4.09. The molecule has 5 nitrogen and oxygen atoms in total. The summed E-state index contributed by atoms with van der Waals surface area (Å²) in [5, 5.41) is 0. The number of ether oxygens (including phenoxy) is 1. The molecule has 0 aromatic carbocycles. The smallest absolute Gasteiger partial charge is 0.311 e. The lowest BCUT2D eigenvalue weighted by Gasteiger charge is -2.07. The van der Waals surface area contributed by atoms with Gasteiger partial charge in [0.25, 0.3) is 0 Å². The molecular formula is C5H7O5S-. The number of esters is 1. The predicted octanol–water partition coefficient (Wildman–Crippen LogP) is -0.640. The van der Waals surface area contributed by atoms with E-state index in [1.807, 2.05) is 0 Å². The fourth-order valence-electron chi connectivity index (χ4n) is 0.827. The van der Waals surface area contributed by atoms with Crippen LogP contribution < -0.4 is 0 Å². The number of hydrogen-bond acceptors (Lipinski definition) is 5. The molecule has 0 amide bonds. The van der Waals surface area contributed by atoms with Crippen molar-refractivity contribution in [3.8, 4) is 0 Å². The van der Waals surface area contributed by atoms with Gasteiger partial charge in [-0.15, -0.1) is 0 Å². The third-order valence-electron chi connectivity index (χ3n) is 1.41. The predicted molar refractivity (Wildman–Crippen MR) is 33.9 cm³/mol. The van der Waals surface area contributed by atoms with Crippen LogP contribution in [-0.4, -0.2) is 27.9 Å². The van der Waals surface area contributed by atoms with Gasteiger partial charge in [-0.05, 0) is 6.42 Å². The van der Waals surface area contributed by atoms with Gasteiger partial charge >= 0.3 is 5.97 Å². The minimum Gasteiger partial charge on any atom is -0.750 e. The highest BCUT2D eigenvalue weighted by Crippen LogP contribution is 2.14. The van der Waals surface area contributed by atoms with Crippen LogP contribution in [0, 0.1) is 5.92 Å². The molecule has 64 valence electrons. The quantitative estimate of drug-likeness (QED) is 0.425. The zero-order chi connectivity index (χ0) is 8.27. The van der Waals surface area contributed by atoms with Crippen LogP contribution >= 0.6 is 0 Å². The van der Waals surface area contributed by atoms with Crippen molar-refractivity contribution in [3.63, 3.8) is 0 Å². The van der Waals surface area contributed by atoms with Crippen molar-refractivity contribution in [2.24, 2.45) is 5.92 Å². The van der Waals surface area contributed by atoms with E-state index in [-0.39, 0.29) is 12.6 Å². The van der Waals surface area contributed by atoms with Crippen molar-refractivity contribution < 1.29 is 22.5 Å². The lowest BCUT2D eigenvalue weighted by atomic mass is 10.1. The Morgan fingerprint density at radius 1 is 1.82 bits per heavy atom. The van der Waals surface area contributed by atoms with Gasteiger partial charge in [-0.2, -0.15) is 0 Å². The highest BCUT2D eigenvalue weighted by Gasteiger charge is 2.26. The molecule has 0 N–H and O–H groups in total. The van der Waals surface area contributed by atoms with E-state index >= 15 is 0 Å². The second-order valence-corrected chi connectivity index (χ2v) is 2.79. The van der Waals surface area contributed by atoms with Crippen LogP contribution in [0.1, 0.15) is 6.42 Å². The topological polar surface area (TPSA) is 75.7 Å². The Hall–Kier alpha value is -0.460. The van der Waals surface area contributed by atoms with E-state index in [0.717, 1.165) is 0 Å². The van der Waals surface area contributed by atoms with Gasteiger partial charge in [0.1, 0.15) is 0 Å². The summed E-state index contributed by atoms with van der Waals surface area (Å²) in [4.78, 5) is 10.7. The van der Waals surface area contributed by atoms with E-state index in [4.69, 9.17) is 0 Å². The first kappa shape index (κ1) is 8.63. The maximum Gasteiger partial charge on any atom is 0.311 e. The van der Waals surface area contributed by atoms with Crippen molar-refractivity contribution in [1.29, 1.82) is 0 Å². The van der Waals surface area contributed by atoms with Crippen LogP contribution in [-0.2, 0) is 25.1 Å². The van der Waals surface area contributed by atoms with E-state index < -0.39 is 17.3 Å². The molecule has 0 aliphatic carbocycles. The molecule has 0 spiro atoms. The molecule has 1 heterocycles. The van der Waals surface area contributed by atoms with Crippen molar-refractivity contribution in [2.45, 2.75) is 6.42 Å². The van der Waals surface area contributed by atoms with Crippen molar-refractivity contribution in [1.82, 2.24) is 0 Å². The molecule has 1 aliphatic heterocycles. The molecular weight excluding hydrogens is 172 g/mol. The molecule has 6 heteroatoms. The van der Waals surface area contributed by atoms with Crippen LogP contribution in [0.5, 0.6) is 0 Å². The maximum absolute atomic E-state index is 10.7. The zero-order valence-corrected chi connectivity index (χ0v) is 6.46. The summed E-state index contributed by atoms with van der Waals surface area (Å²) in [7, 11) is 0. The normalized spacial score (nSPS) is 26.6. The summed E-state index contributed by atoms with van der Waals surface area (Å²) in [5.74, 6) is -0.789. The van der Waals surface area contributed by atoms with Gasteiger partial charge in [0, 0.05) is 0 Å². The maximum atomic E-state index is 10.7. The Morgan fingerprint density at radius 2 is 2.55 bits per heavy atom. The van der Waals surface area contributed by atoms with Crippen LogP contribution in [0.15, 0.2) is 0 Å². The number of hydrogen-bond donors (Lipinski definition) is 0. The molecule has 2 unspecified atom stereocenters. The molecule has 0 radical (unpaired) electrons. The first-order chi connectivity index (χ1) is 5.20. The second-order valence-electron chi connectivity index (χ2n) is 2.14. The van der Waals surface area contributed by atoms with Gasteiger partial charge < -0.3 is 9.29 Å². The second kappa shape index (κ2) is 3.80. The summed E-state index contributed by atoms with van der Waals surface area (Å²) >= 11 is -2.53. The molecule has 1 fully saturated rings. The Balaban J connectivity index is 2.26. The molecule has 11 heavy (non-hydrogen) atoms. The van der Waals surface area contributed by atoms with Crippen molar-refractivity contribution in [2.75, 3.05) is 13.2 Å². The number of cyclic esters (lactones) is 1. The molecule has 1 saturated heterocycles. The van der Waals surface area contributed by atoms with E-state index in [1.54, 1.807) is 0 Å². The van der Waals surface area contributed by atoms with E-state index in [1.165, 1.54) is 0 Å². The van der Waals surface area contributed by atoms with Gasteiger partial charge in [-0.25, -0.2) is 4.21 Å². The molecule has 0 aromatic heterocycles. The highest BCUT2D eigenvalue weighted by atomic mass is 32.2. The SMILES string of the molecule is O=C1OCCC1COS(=O)[O-]. The van der Waals surface area contributed by atoms with Gasteiger partial charge in [0.2, 0.25) is 0 Å². The minimum absolute atomic E-state index is 0.102. The number of carbonyl (C=O) groups is 1. The number of carbonyl (C=O) groups excluding carboxylic acids is 1. The Kier molecular flexibility index (Phi) is 2.98. The van der Waals surface area contributed by atoms with E-state index in [0.29, 0.717) is 13.0 Å². The van der Waals surface area contributed by atoms with Gasteiger partial charge in [0.15, 0.2) is 0 Å². The van der Waals surface area contributed by atoms with E-state index in [9.17, 15) is 13.6 Å². The van der Waals surface area contributed by atoms with Crippen molar-refractivity contribution >= 4 is 17.3 Å². The zero-order valence-electron chi connectivity index (χ0n) is 5.65. The Labute approximate surface area is 66.2 Å². The van der Waals surface area contributed by atoms with Crippen molar-refractivity contribution in [3.05, 3.63) is 0 Å². The van der Waals surface area contributed by atoms with Crippen LogP contribution in [0.4, 0.5) is 0 Å². The van der Waals surface area contributed by atoms with E-state index in [2.05, 4.69) is 8.92 Å². The molecule has 0 aromatic rings. The van der Waals surface area contributed by atoms with Gasteiger partial charge in [-0.1, -0.05) is 0 Å². The lowest BCUT2D eigenvalue weighted by molar-refractivity contribution is -0.141. The fraction of sp³-hybridized carbons (Fsp3) is 0.800. The molecule has 2 atom stereocenters. The summed E-state index contributed by atoms with van der Waals surface area (Å²) in [6.07, 6.45) is 0.538. The summed E-state index contributed by atoms with van der Waals surface area (Å²) in [5.41, 5.74) is 0. The standard InChI is InChI=1S/C5H8O5S/c6-5-4(1-2-9-5)3-10-11(7)8/h4H,1-3H2,(H,7,8)/p-1. The fourth-order valence-corrected chi connectivity index (χ4v) is 1.10. The Morgan fingerprint density at radius 3 is 3.00 bits per heavy atom. The van der Waals surface area contributed by atoms with Crippen LogP contribution in [0.2, 0.25) is 0 Å². The summed E-state index contributed by atoms with van der Waals surface area (Å²) < 4.78 is 28.6. The third kappa shape index (κ3) is 2.57. The van der Waals surface area contributed by atoms with Crippen LogP contribution in [0.25, 0.3) is 0 Å². The van der Waals surface area contributed by atoms with Gasteiger partial charge in [-0.3, -0.25) is 8.98 Å². The summed E-state index contributed by atoms with van der Waals surface area (Å²) in [6, 6.07) is 0. The Bertz CT molecular complexity index is 180. The molecule has 1 rings (SSSR count). The largest absolute Gasteiger partial charge is 0.750 e. The minimum atomic E-state index is -2.53. The molecule has 0 saturated carbocycles. The van der Waals surface area contributed by atoms with Crippen LogP contribution in [0.3, 0.4) is 0 Å². The first-order valence-electron chi connectivity index (χ1n) is 3.09. The average Bonchev–Trinajstić information content (AvgIpc) is 2.31. The highest BCUT2D eigenvalue weighted by molar-refractivity contribution is 7.74. The number of rotatable bonds is 3. The lowest BCUT2D eigenvalue weighted by Crippen LogP contribution is -2.15. The monoisotopic (exact) mass is 179 g/mol. The third-order valence-corrected chi connectivity index (χ3v) is 1.74.